The van der Waals surface area contributed by atoms with E-state index in [2.05, 4.69) is 11.1 Å². The molecule has 4 aromatic rings. The number of hydrogen-bond acceptors (Lipinski definition) is 2. The molecule has 0 amide bonds. The van der Waals surface area contributed by atoms with Gasteiger partial charge < -0.3 is 4.98 Å². The molecule has 0 unspecified atom stereocenters. The third-order valence-electron chi connectivity index (χ3n) is 4.34. The summed E-state index contributed by atoms with van der Waals surface area (Å²) in [5.41, 5.74) is 4.61. The lowest BCUT2D eigenvalue weighted by atomic mass is 9.98. The van der Waals surface area contributed by atoms with Crippen molar-refractivity contribution in [2.45, 2.75) is 11.8 Å². The summed E-state index contributed by atoms with van der Waals surface area (Å²) in [5, 5.41) is 2.21. The molecule has 2 N–H and O–H groups in total. The monoisotopic (exact) mass is 337 g/mol. The first-order valence-corrected chi connectivity index (χ1v) is 8.97. The number of rotatable bonds is 2. The minimum absolute atomic E-state index is 0.101. The molecule has 0 aliphatic carbocycles. The summed E-state index contributed by atoms with van der Waals surface area (Å²) in [7, 11) is -4.24. The second-order valence-electron chi connectivity index (χ2n) is 5.85. The maximum atomic E-state index is 11.5. The molecular weight excluding hydrogens is 322 g/mol. The molecule has 0 saturated carbocycles. The van der Waals surface area contributed by atoms with E-state index in [-0.39, 0.29) is 4.90 Å². The Kier molecular flexibility index (Phi) is 3.23. The van der Waals surface area contributed by atoms with Crippen molar-refractivity contribution < 1.29 is 13.0 Å². The number of H-pyrrole nitrogens is 1. The summed E-state index contributed by atoms with van der Waals surface area (Å²) >= 11 is 0. The minimum Gasteiger partial charge on any atom is -0.354 e. The van der Waals surface area contributed by atoms with Crippen molar-refractivity contribution >= 4 is 31.9 Å². The van der Waals surface area contributed by atoms with Gasteiger partial charge in [-0.1, -0.05) is 42.5 Å². The first kappa shape index (κ1) is 14.9. The zero-order valence-electron chi connectivity index (χ0n) is 12.9. The van der Waals surface area contributed by atoms with Gasteiger partial charge in [0.1, 0.15) is 0 Å². The quantitative estimate of drug-likeness (QED) is 0.527. The van der Waals surface area contributed by atoms with Crippen LogP contribution in [0.15, 0.2) is 65.6 Å². The Balaban J connectivity index is 2.07. The van der Waals surface area contributed by atoms with E-state index >= 15 is 0 Å². The van der Waals surface area contributed by atoms with Gasteiger partial charge in [-0.25, -0.2) is 0 Å². The standard InChI is InChI=1S/C19H15NO3S/c1-12-9-10-13(24(21,22)23)11-17(12)16-7-4-6-15-14-5-2-3-8-18(14)20-19(15)16/h2-11,20H,1H3,(H,21,22,23). The van der Waals surface area contributed by atoms with Crippen LogP contribution in [0.2, 0.25) is 0 Å². The summed E-state index contributed by atoms with van der Waals surface area (Å²) in [4.78, 5) is 3.32. The molecule has 0 fully saturated rings. The summed E-state index contributed by atoms with van der Waals surface area (Å²) in [6.45, 7) is 1.92. The average Bonchev–Trinajstić information content (AvgIpc) is 2.93. The Hall–Kier alpha value is -2.63. The molecule has 1 heterocycles. The topological polar surface area (TPSA) is 70.2 Å². The summed E-state index contributed by atoms with van der Waals surface area (Å²) < 4.78 is 32.3. The first-order valence-electron chi connectivity index (χ1n) is 7.53. The van der Waals surface area contributed by atoms with Crippen molar-refractivity contribution in [3.05, 3.63) is 66.2 Å². The van der Waals surface area contributed by atoms with Crippen LogP contribution in [0.1, 0.15) is 5.56 Å². The highest BCUT2D eigenvalue weighted by molar-refractivity contribution is 7.85. The lowest BCUT2D eigenvalue weighted by molar-refractivity contribution is 0.483. The molecule has 0 radical (unpaired) electrons. The number of aryl methyl sites for hydroxylation is 1. The van der Waals surface area contributed by atoms with Crippen molar-refractivity contribution in [3.8, 4) is 11.1 Å². The lowest BCUT2D eigenvalue weighted by Crippen LogP contribution is -1.99. The Morgan fingerprint density at radius 1 is 0.875 bits per heavy atom. The van der Waals surface area contributed by atoms with Gasteiger partial charge in [0.2, 0.25) is 0 Å². The third-order valence-corrected chi connectivity index (χ3v) is 5.19. The van der Waals surface area contributed by atoms with Crippen molar-refractivity contribution in [1.29, 1.82) is 0 Å². The maximum Gasteiger partial charge on any atom is 0.294 e. The number of fused-ring (bicyclic) bond motifs is 3. The van der Waals surface area contributed by atoms with Crippen LogP contribution in [0, 0.1) is 6.92 Å². The molecule has 4 nitrogen and oxygen atoms in total. The van der Waals surface area contributed by atoms with Crippen LogP contribution in [-0.4, -0.2) is 18.0 Å². The summed E-state index contributed by atoms with van der Waals surface area (Å²) in [5.74, 6) is 0. The number of benzene rings is 3. The molecule has 24 heavy (non-hydrogen) atoms. The zero-order valence-corrected chi connectivity index (χ0v) is 13.8. The van der Waals surface area contributed by atoms with Crippen LogP contribution in [0.3, 0.4) is 0 Å². The van der Waals surface area contributed by atoms with Crippen molar-refractivity contribution in [1.82, 2.24) is 4.98 Å². The first-order chi connectivity index (χ1) is 11.4. The van der Waals surface area contributed by atoms with Gasteiger partial charge in [0.05, 0.1) is 10.4 Å². The van der Waals surface area contributed by atoms with E-state index in [9.17, 15) is 13.0 Å². The normalized spacial score (nSPS) is 12.1. The average molecular weight is 337 g/mol. The second-order valence-corrected chi connectivity index (χ2v) is 7.27. The predicted molar refractivity (Wildman–Crippen MR) is 95.8 cm³/mol. The summed E-state index contributed by atoms with van der Waals surface area (Å²) in [6.07, 6.45) is 0. The zero-order chi connectivity index (χ0) is 16.9. The maximum absolute atomic E-state index is 11.5. The highest BCUT2D eigenvalue weighted by atomic mass is 32.2. The van der Waals surface area contributed by atoms with Gasteiger partial charge in [-0.05, 0) is 36.2 Å². The van der Waals surface area contributed by atoms with E-state index in [0.29, 0.717) is 0 Å². The van der Waals surface area contributed by atoms with Crippen molar-refractivity contribution in [2.24, 2.45) is 0 Å². The molecule has 1 aromatic heterocycles. The highest BCUT2D eigenvalue weighted by Gasteiger charge is 2.15. The van der Waals surface area contributed by atoms with Crippen LogP contribution in [0.25, 0.3) is 32.9 Å². The van der Waals surface area contributed by atoms with Crippen LogP contribution < -0.4 is 0 Å². The van der Waals surface area contributed by atoms with Crippen LogP contribution in [0.4, 0.5) is 0 Å². The molecule has 5 heteroatoms. The van der Waals surface area contributed by atoms with E-state index in [1.165, 1.54) is 12.1 Å². The molecular formula is C19H15NO3S. The molecule has 0 saturated heterocycles. The molecule has 3 aromatic carbocycles. The number of para-hydroxylation sites is 2. The fraction of sp³-hybridized carbons (Fsp3) is 0.0526. The Bertz CT molecular complexity index is 1190. The van der Waals surface area contributed by atoms with Gasteiger partial charge in [-0.2, -0.15) is 8.42 Å². The molecule has 4 rings (SSSR count). The number of aromatic amines is 1. The molecule has 0 atom stereocenters. The van der Waals surface area contributed by atoms with Crippen LogP contribution >= 0.6 is 0 Å². The summed E-state index contributed by atoms with van der Waals surface area (Å²) in [6, 6.07) is 18.6. The van der Waals surface area contributed by atoms with Gasteiger partial charge in [-0.3, -0.25) is 4.55 Å². The second kappa shape index (κ2) is 5.19. The molecule has 120 valence electrons. The minimum atomic E-state index is -4.24. The fourth-order valence-electron chi connectivity index (χ4n) is 3.15. The van der Waals surface area contributed by atoms with Gasteiger partial charge in [0, 0.05) is 21.9 Å². The Morgan fingerprint density at radius 2 is 1.62 bits per heavy atom. The molecule has 0 aliphatic heterocycles. The molecule has 0 bridgehead atoms. The lowest BCUT2D eigenvalue weighted by Gasteiger charge is -2.09. The fourth-order valence-corrected chi connectivity index (χ4v) is 3.66. The van der Waals surface area contributed by atoms with E-state index in [0.717, 1.165) is 38.5 Å². The van der Waals surface area contributed by atoms with Gasteiger partial charge >= 0.3 is 0 Å². The van der Waals surface area contributed by atoms with Gasteiger partial charge in [0.15, 0.2) is 0 Å². The number of nitrogens with one attached hydrogen (secondary N) is 1. The van der Waals surface area contributed by atoms with Crippen LogP contribution in [-0.2, 0) is 10.1 Å². The molecule has 0 aliphatic rings. The molecule has 0 spiro atoms. The van der Waals surface area contributed by atoms with E-state index in [1.807, 2.05) is 43.3 Å². The highest BCUT2D eigenvalue weighted by Crippen LogP contribution is 2.35. The van der Waals surface area contributed by atoms with Crippen molar-refractivity contribution in [3.63, 3.8) is 0 Å². The van der Waals surface area contributed by atoms with Crippen LogP contribution in [0.5, 0.6) is 0 Å². The van der Waals surface area contributed by atoms with Gasteiger partial charge in [0.25, 0.3) is 10.1 Å². The Labute approximate surface area is 139 Å². The van der Waals surface area contributed by atoms with Crippen molar-refractivity contribution in [2.75, 3.05) is 0 Å². The smallest absolute Gasteiger partial charge is 0.294 e. The number of hydrogen-bond donors (Lipinski definition) is 2. The third kappa shape index (κ3) is 2.29. The van der Waals surface area contributed by atoms with E-state index in [1.54, 1.807) is 6.07 Å². The number of aromatic nitrogens is 1. The Morgan fingerprint density at radius 3 is 2.42 bits per heavy atom. The largest absolute Gasteiger partial charge is 0.354 e. The SMILES string of the molecule is Cc1ccc(S(=O)(=O)O)cc1-c1cccc2c1[nH]c1ccccc12. The predicted octanol–water partition coefficient (Wildman–Crippen LogP) is 4.54. The van der Waals surface area contributed by atoms with E-state index in [4.69, 9.17) is 0 Å². The van der Waals surface area contributed by atoms with E-state index < -0.39 is 10.1 Å². The van der Waals surface area contributed by atoms with Gasteiger partial charge in [-0.15, -0.1) is 0 Å².